The van der Waals surface area contributed by atoms with Crippen LogP contribution in [0.4, 0.5) is 0 Å². The van der Waals surface area contributed by atoms with Crippen LogP contribution in [0, 0.1) is 11.3 Å². The molecule has 58 valence electrons. The molecule has 0 heterocycles. The van der Waals surface area contributed by atoms with Crippen molar-refractivity contribution >= 4 is 11.0 Å². The molecule has 0 aliphatic carbocycles. The fourth-order valence-electron chi connectivity index (χ4n) is 0.507. The van der Waals surface area contributed by atoms with Gasteiger partial charge in [0.2, 0.25) is 0 Å². The fraction of sp³-hybridized carbons (Fsp3) is 0.800. The van der Waals surface area contributed by atoms with Gasteiger partial charge in [-0.2, -0.15) is 5.26 Å². The van der Waals surface area contributed by atoms with E-state index in [1.807, 2.05) is 6.92 Å². The van der Waals surface area contributed by atoms with Crippen LogP contribution >= 0.6 is 0 Å². The standard InChI is InChI=1S/C5H9NO3S/c1-2-3-5(4-6)9-10(7)8/h5,10H,2-3H2,1H3. The number of hydrogen-bond donors (Lipinski definition) is 1. The van der Waals surface area contributed by atoms with Crippen LogP contribution in [0.25, 0.3) is 0 Å². The van der Waals surface area contributed by atoms with Crippen molar-refractivity contribution in [3.8, 4) is 6.07 Å². The zero-order chi connectivity index (χ0) is 7.98. The minimum atomic E-state index is -2.88. The lowest BCUT2D eigenvalue weighted by Gasteiger charge is -2.00. The topological polar surface area (TPSA) is 67.2 Å². The van der Waals surface area contributed by atoms with Gasteiger partial charge in [0.1, 0.15) is 0 Å². The minimum absolute atomic E-state index is 0.458. The molecule has 0 saturated carbocycles. The zero-order valence-electron chi connectivity index (χ0n) is 5.61. The van der Waals surface area contributed by atoms with Crippen molar-refractivity contribution in [1.82, 2.24) is 0 Å². The third-order valence-corrected chi connectivity index (χ3v) is 1.33. The number of thiol groups is 1. The molecule has 0 aromatic heterocycles. The molecule has 4 nitrogen and oxygen atoms in total. The van der Waals surface area contributed by atoms with Gasteiger partial charge >= 0.3 is 0 Å². The lowest BCUT2D eigenvalue weighted by molar-refractivity contribution is 0.261. The predicted molar refractivity (Wildman–Crippen MR) is 35.7 cm³/mol. The summed E-state index contributed by atoms with van der Waals surface area (Å²) in [6.07, 6.45) is 0.396. The highest BCUT2D eigenvalue weighted by Gasteiger charge is 2.05. The number of nitriles is 1. The predicted octanol–water partition coefficient (Wildman–Crippen LogP) is 0.222. The van der Waals surface area contributed by atoms with Gasteiger partial charge in [0.25, 0.3) is 11.0 Å². The van der Waals surface area contributed by atoms with Crippen LogP contribution in [0.1, 0.15) is 19.8 Å². The van der Waals surface area contributed by atoms with E-state index < -0.39 is 17.1 Å². The largest absolute Gasteiger partial charge is 0.258 e. The monoisotopic (exact) mass is 163 g/mol. The lowest BCUT2D eigenvalue weighted by Crippen LogP contribution is -2.08. The summed E-state index contributed by atoms with van der Waals surface area (Å²) < 4.78 is 24.0. The van der Waals surface area contributed by atoms with Crippen molar-refractivity contribution in [1.29, 1.82) is 5.26 Å². The molecule has 0 bridgehead atoms. The SMILES string of the molecule is CCCC(C#N)O[SH](=O)=O. The number of rotatable bonds is 4. The first-order chi connectivity index (χ1) is 4.70. The molecule has 0 rings (SSSR count). The molecule has 1 unspecified atom stereocenters. The Morgan fingerprint density at radius 3 is 2.60 bits per heavy atom. The molecule has 0 aliphatic rings. The minimum Gasteiger partial charge on any atom is -0.253 e. The van der Waals surface area contributed by atoms with Gasteiger partial charge in [0.05, 0.1) is 6.07 Å². The summed E-state index contributed by atoms with van der Waals surface area (Å²) in [6, 6.07) is 1.73. The Morgan fingerprint density at radius 2 is 2.30 bits per heavy atom. The molecule has 0 aliphatic heterocycles. The van der Waals surface area contributed by atoms with E-state index >= 15 is 0 Å². The maximum Gasteiger partial charge on any atom is 0.258 e. The van der Waals surface area contributed by atoms with Gasteiger partial charge in [0.15, 0.2) is 6.10 Å². The van der Waals surface area contributed by atoms with Crippen LogP contribution in [0.3, 0.4) is 0 Å². The van der Waals surface area contributed by atoms with Gasteiger partial charge in [-0.3, -0.25) is 4.18 Å². The molecule has 0 fully saturated rings. The average molecular weight is 163 g/mol. The summed E-state index contributed by atoms with van der Waals surface area (Å²) in [6.45, 7) is 1.85. The van der Waals surface area contributed by atoms with E-state index in [-0.39, 0.29) is 0 Å². The molecule has 1 atom stereocenters. The number of hydrogen-bond acceptors (Lipinski definition) is 4. The molecule has 0 aromatic rings. The van der Waals surface area contributed by atoms with Crippen LogP contribution in [-0.2, 0) is 15.2 Å². The van der Waals surface area contributed by atoms with E-state index in [9.17, 15) is 8.42 Å². The second-order valence-electron chi connectivity index (χ2n) is 1.74. The summed E-state index contributed by atoms with van der Waals surface area (Å²) in [5.41, 5.74) is 0. The third kappa shape index (κ3) is 4.30. The quantitative estimate of drug-likeness (QED) is 0.602. The van der Waals surface area contributed by atoms with Gasteiger partial charge in [0, 0.05) is 0 Å². The maximum absolute atomic E-state index is 9.91. The zero-order valence-corrected chi connectivity index (χ0v) is 6.51. The van der Waals surface area contributed by atoms with E-state index in [1.165, 1.54) is 0 Å². The van der Waals surface area contributed by atoms with E-state index in [2.05, 4.69) is 4.18 Å². The summed E-state index contributed by atoms with van der Waals surface area (Å²) in [5, 5.41) is 8.26. The highest BCUT2D eigenvalue weighted by molar-refractivity contribution is 7.67. The fourth-order valence-corrected chi connectivity index (χ4v) is 0.867. The van der Waals surface area contributed by atoms with E-state index in [4.69, 9.17) is 5.26 Å². The second-order valence-corrected chi connectivity index (χ2v) is 2.39. The second kappa shape index (κ2) is 5.21. The molecule has 10 heavy (non-hydrogen) atoms. The smallest absolute Gasteiger partial charge is 0.253 e. The molecular weight excluding hydrogens is 154 g/mol. The van der Waals surface area contributed by atoms with Gasteiger partial charge < -0.3 is 0 Å². The van der Waals surface area contributed by atoms with Crippen LogP contribution in [0.5, 0.6) is 0 Å². The van der Waals surface area contributed by atoms with Crippen LogP contribution < -0.4 is 0 Å². The van der Waals surface area contributed by atoms with Crippen molar-refractivity contribution in [2.75, 3.05) is 0 Å². The Hall–Kier alpha value is -0.600. The van der Waals surface area contributed by atoms with Crippen LogP contribution in [0.2, 0.25) is 0 Å². The summed E-state index contributed by atoms with van der Waals surface area (Å²) in [7, 11) is -2.88. The Kier molecular flexibility index (Phi) is 4.89. The molecule has 5 heteroatoms. The molecule has 0 radical (unpaired) electrons. The summed E-state index contributed by atoms with van der Waals surface area (Å²) in [4.78, 5) is 0. The average Bonchev–Trinajstić information content (AvgIpc) is 1.86. The Morgan fingerprint density at radius 1 is 1.70 bits per heavy atom. The highest BCUT2D eigenvalue weighted by Crippen LogP contribution is 1.99. The molecule has 0 N–H and O–H groups in total. The van der Waals surface area contributed by atoms with Crippen molar-refractivity contribution < 1.29 is 12.6 Å². The summed E-state index contributed by atoms with van der Waals surface area (Å²) >= 11 is 0. The van der Waals surface area contributed by atoms with Crippen LogP contribution in [-0.4, -0.2) is 14.5 Å². The molecule has 0 aromatic carbocycles. The molecule has 0 amide bonds. The van der Waals surface area contributed by atoms with E-state index in [0.29, 0.717) is 6.42 Å². The van der Waals surface area contributed by atoms with Gasteiger partial charge in [-0.05, 0) is 6.42 Å². The molecule has 0 spiro atoms. The molecule has 0 saturated heterocycles. The first kappa shape index (κ1) is 9.40. The normalized spacial score (nSPS) is 12.9. The Bertz CT molecular complexity index is 186. The Balaban J connectivity index is 3.74. The van der Waals surface area contributed by atoms with Crippen molar-refractivity contribution in [3.63, 3.8) is 0 Å². The molecular formula is C5H9NO3S. The first-order valence-electron chi connectivity index (χ1n) is 2.91. The van der Waals surface area contributed by atoms with Gasteiger partial charge in [-0.15, -0.1) is 0 Å². The van der Waals surface area contributed by atoms with Crippen molar-refractivity contribution in [3.05, 3.63) is 0 Å². The highest BCUT2D eigenvalue weighted by atomic mass is 32.2. The summed E-state index contributed by atoms with van der Waals surface area (Å²) in [5.74, 6) is 0. The van der Waals surface area contributed by atoms with Crippen molar-refractivity contribution in [2.45, 2.75) is 25.9 Å². The third-order valence-electron chi connectivity index (χ3n) is 0.908. The van der Waals surface area contributed by atoms with Gasteiger partial charge in [-0.1, -0.05) is 13.3 Å². The van der Waals surface area contributed by atoms with E-state index in [1.54, 1.807) is 6.07 Å². The first-order valence-corrected chi connectivity index (χ1v) is 4.01. The van der Waals surface area contributed by atoms with Crippen molar-refractivity contribution in [2.24, 2.45) is 0 Å². The van der Waals surface area contributed by atoms with Crippen LogP contribution in [0.15, 0.2) is 0 Å². The van der Waals surface area contributed by atoms with E-state index in [0.717, 1.165) is 6.42 Å². The lowest BCUT2D eigenvalue weighted by atomic mass is 10.2. The maximum atomic E-state index is 9.91. The van der Waals surface area contributed by atoms with Gasteiger partial charge in [-0.25, -0.2) is 8.42 Å². The Labute approximate surface area is 61.6 Å². The number of nitrogens with zero attached hydrogens (tertiary/aromatic N) is 1.